The number of carbonyl (C=O) groups excluding carboxylic acids is 4. The van der Waals surface area contributed by atoms with E-state index in [0.29, 0.717) is 37.5 Å². The van der Waals surface area contributed by atoms with E-state index in [1.165, 1.54) is 13.8 Å². The molecule has 0 aliphatic carbocycles. The maximum atomic E-state index is 13.4. The van der Waals surface area contributed by atoms with E-state index in [9.17, 15) is 29.4 Å². The first kappa shape index (κ1) is 44.1. The Morgan fingerprint density at radius 3 is 2.32 bits per heavy atom. The predicted octanol–water partition coefficient (Wildman–Crippen LogP) is 4.88. The first-order chi connectivity index (χ1) is 24.7. The van der Waals surface area contributed by atoms with Gasteiger partial charge in [0.2, 0.25) is 0 Å². The van der Waals surface area contributed by atoms with Gasteiger partial charge in [0.1, 0.15) is 23.9 Å². The zero-order valence-electron chi connectivity index (χ0n) is 33.4. The van der Waals surface area contributed by atoms with Crippen molar-refractivity contribution in [2.24, 2.45) is 11.8 Å². The van der Waals surface area contributed by atoms with Crippen molar-refractivity contribution in [1.82, 2.24) is 9.80 Å². The molecule has 13 nitrogen and oxygen atoms in total. The lowest BCUT2D eigenvalue weighted by Crippen LogP contribution is -2.52. The number of aliphatic hydroxyl groups is 2. The summed E-state index contributed by atoms with van der Waals surface area (Å²) >= 11 is 0. The molecule has 3 heterocycles. The van der Waals surface area contributed by atoms with Gasteiger partial charge in [-0.05, 0) is 65.5 Å². The zero-order valence-corrected chi connectivity index (χ0v) is 33.4. The van der Waals surface area contributed by atoms with Gasteiger partial charge >= 0.3 is 24.0 Å². The molecular formula is C40H64N2O11. The summed E-state index contributed by atoms with van der Waals surface area (Å²) in [7, 11) is 0. The van der Waals surface area contributed by atoms with Gasteiger partial charge in [0, 0.05) is 64.3 Å². The lowest BCUT2D eigenvalue weighted by atomic mass is 9.88. The van der Waals surface area contributed by atoms with Crippen LogP contribution in [0.5, 0.6) is 0 Å². The Morgan fingerprint density at radius 1 is 1.08 bits per heavy atom. The zero-order chi connectivity index (χ0) is 39.7. The average Bonchev–Trinajstić information content (AvgIpc) is 3.83. The Balaban J connectivity index is 1.79. The molecule has 0 aromatic rings. The highest BCUT2D eigenvalue weighted by molar-refractivity contribution is 5.72. The number of amides is 1. The molecular weight excluding hydrogens is 684 g/mol. The molecule has 0 aromatic heterocycles. The Hall–Kier alpha value is -3.26. The number of epoxide rings is 1. The van der Waals surface area contributed by atoms with Crippen LogP contribution in [0.4, 0.5) is 4.79 Å². The van der Waals surface area contributed by atoms with Crippen LogP contribution in [0, 0.1) is 11.8 Å². The SMILES string of the molecule is CCC(OC(C)=O)C(C)C1OC1CC(C)(O)/C=C/C=C(\C)C1OC(=O)CC(OC(C)=O)CCC(C)(O)C(OC(=O)N2CCN(C(C)C)CC2)/C=C\C1C. The quantitative estimate of drug-likeness (QED) is 0.0916. The molecule has 2 saturated heterocycles. The minimum Gasteiger partial charge on any atom is -0.462 e. The maximum Gasteiger partial charge on any atom is 0.410 e. The third kappa shape index (κ3) is 13.8. The Labute approximate surface area is 315 Å². The van der Waals surface area contributed by atoms with E-state index in [1.807, 2.05) is 27.7 Å². The van der Waals surface area contributed by atoms with E-state index in [-0.39, 0.29) is 49.5 Å². The lowest BCUT2D eigenvalue weighted by molar-refractivity contribution is -0.158. The number of hydrogen-bond acceptors (Lipinski definition) is 12. The summed E-state index contributed by atoms with van der Waals surface area (Å²) in [5.41, 5.74) is -2.08. The second-order valence-corrected chi connectivity index (χ2v) is 15.8. The van der Waals surface area contributed by atoms with Gasteiger partial charge in [0.15, 0.2) is 6.10 Å². The van der Waals surface area contributed by atoms with Crippen LogP contribution in [0.2, 0.25) is 0 Å². The van der Waals surface area contributed by atoms with Crippen molar-refractivity contribution in [3.8, 4) is 0 Å². The number of hydrogen-bond donors (Lipinski definition) is 2. The van der Waals surface area contributed by atoms with Gasteiger partial charge in [-0.15, -0.1) is 0 Å². The standard InChI is InChI=1S/C40H64N2O11/c1-11-32(50-30(8)44)28(6)37-33(51-37)24-39(9,47)17-12-13-26(4)36-27(5)14-15-34(52-38(46)42-21-19-41(20-22-42)25(2)3)40(10,48)18-16-31(49-29(7)43)23-35(45)53-36/h12-15,17,25,27-28,31-34,36-37,47-48H,11,16,18-24H2,1-10H3/b15-14-,17-12+,26-13+. The van der Waals surface area contributed by atoms with Crippen molar-refractivity contribution in [1.29, 1.82) is 0 Å². The number of esters is 3. The number of cyclic esters (lactones) is 1. The number of rotatable bonds is 12. The highest BCUT2D eigenvalue weighted by Gasteiger charge is 2.48. The lowest BCUT2D eigenvalue weighted by Gasteiger charge is -2.38. The fourth-order valence-corrected chi connectivity index (χ4v) is 7.13. The van der Waals surface area contributed by atoms with Crippen LogP contribution in [-0.2, 0) is 38.1 Å². The largest absolute Gasteiger partial charge is 0.462 e. The number of ether oxygens (including phenoxy) is 5. The summed E-state index contributed by atoms with van der Waals surface area (Å²) in [5, 5.41) is 22.8. The van der Waals surface area contributed by atoms with Crippen molar-refractivity contribution in [2.45, 2.75) is 155 Å². The first-order valence-corrected chi connectivity index (χ1v) is 19.1. The molecule has 3 aliphatic heterocycles. The van der Waals surface area contributed by atoms with Crippen molar-refractivity contribution < 1.29 is 53.1 Å². The highest BCUT2D eigenvalue weighted by atomic mass is 16.6. The van der Waals surface area contributed by atoms with Crippen LogP contribution in [-0.4, -0.2) is 124 Å². The number of carbonyl (C=O) groups is 4. The molecule has 0 aromatic carbocycles. The minimum atomic E-state index is -1.54. The molecule has 2 N–H and O–H groups in total. The summed E-state index contributed by atoms with van der Waals surface area (Å²) in [6.07, 6.45) is 5.78. The summed E-state index contributed by atoms with van der Waals surface area (Å²) in [5.74, 6) is -1.91. The maximum absolute atomic E-state index is 13.4. The molecule has 3 aliphatic rings. The fourth-order valence-electron chi connectivity index (χ4n) is 7.13. The normalized spacial score (nSPS) is 32.1. The van der Waals surface area contributed by atoms with Crippen LogP contribution >= 0.6 is 0 Å². The van der Waals surface area contributed by atoms with Crippen molar-refractivity contribution in [3.63, 3.8) is 0 Å². The molecule has 300 valence electrons. The van der Waals surface area contributed by atoms with Crippen LogP contribution in [0.25, 0.3) is 0 Å². The number of nitrogens with zero attached hydrogens (tertiary/aromatic N) is 2. The van der Waals surface area contributed by atoms with Crippen LogP contribution in [0.1, 0.15) is 101 Å². The predicted molar refractivity (Wildman–Crippen MR) is 199 cm³/mol. The van der Waals surface area contributed by atoms with Crippen LogP contribution in [0.15, 0.2) is 36.0 Å². The van der Waals surface area contributed by atoms with Gasteiger partial charge in [-0.1, -0.05) is 45.1 Å². The summed E-state index contributed by atoms with van der Waals surface area (Å²) in [4.78, 5) is 54.0. The average molecular weight is 749 g/mol. The monoisotopic (exact) mass is 748 g/mol. The van der Waals surface area contributed by atoms with Gasteiger partial charge < -0.3 is 38.8 Å². The molecule has 0 bridgehead atoms. The highest BCUT2D eigenvalue weighted by Crippen LogP contribution is 2.38. The molecule has 53 heavy (non-hydrogen) atoms. The molecule has 10 atom stereocenters. The number of piperazine rings is 1. The van der Waals surface area contributed by atoms with Crippen molar-refractivity contribution >= 4 is 24.0 Å². The first-order valence-electron chi connectivity index (χ1n) is 19.1. The summed E-state index contributed by atoms with van der Waals surface area (Å²) < 4.78 is 28.7. The second-order valence-electron chi connectivity index (χ2n) is 15.8. The topological polar surface area (TPSA) is 165 Å². The van der Waals surface area contributed by atoms with Gasteiger partial charge in [-0.25, -0.2) is 4.79 Å². The molecule has 3 rings (SSSR count). The van der Waals surface area contributed by atoms with E-state index in [0.717, 1.165) is 13.1 Å². The Bertz CT molecular complexity index is 1350. The molecule has 13 heteroatoms. The Morgan fingerprint density at radius 2 is 1.74 bits per heavy atom. The van der Waals surface area contributed by atoms with Gasteiger partial charge in [0.25, 0.3) is 0 Å². The molecule has 0 radical (unpaired) electrons. The fraction of sp³-hybridized carbons (Fsp3) is 0.750. The van der Waals surface area contributed by atoms with Gasteiger partial charge in [-0.2, -0.15) is 0 Å². The molecule has 0 saturated carbocycles. The van der Waals surface area contributed by atoms with E-state index in [1.54, 1.807) is 49.1 Å². The molecule has 1 amide bonds. The van der Waals surface area contributed by atoms with Crippen LogP contribution in [0.3, 0.4) is 0 Å². The number of allylic oxidation sites excluding steroid dienone is 2. The van der Waals surface area contributed by atoms with Gasteiger partial charge in [0.05, 0.1) is 24.2 Å². The smallest absolute Gasteiger partial charge is 0.410 e. The third-order valence-electron chi connectivity index (χ3n) is 10.5. The summed E-state index contributed by atoms with van der Waals surface area (Å²) in [6.45, 7) is 20.2. The van der Waals surface area contributed by atoms with E-state index >= 15 is 0 Å². The minimum absolute atomic E-state index is 0.0196. The molecule has 0 spiro atoms. The third-order valence-corrected chi connectivity index (χ3v) is 10.5. The van der Waals surface area contributed by atoms with Crippen molar-refractivity contribution in [3.05, 3.63) is 36.0 Å². The van der Waals surface area contributed by atoms with E-state index in [2.05, 4.69) is 18.7 Å². The molecule has 2 fully saturated rings. The second kappa shape index (κ2) is 19.4. The summed E-state index contributed by atoms with van der Waals surface area (Å²) in [6, 6.07) is 0.367. The van der Waals surface area contributed by atoms with Crippen LogP contribution < -0.4 is 0 Å². The van der Waals surface area contributed by atoms with E-state index in [4.69, 9.17) is 23.7 Å². The Kier molecular flexibility index (Phi) is 16.1. The van der Waals surface area contributed by atoms with Crippen molar-refractivity contribution in [2.75, 3.05) is 26.2 Å². The van der Waals surface area contributed by atoms with E-state index < -0.39 is 53.5 Å². The molecule has 10 unspecified atom stereocenters. The van der Waals surface area contributed by atoms with Gasteiger partial charge in [-0.3, -0.25) is 19.3 Å².